The zero-order valence-corrected chi connectivity index (χ0v) is 15.2. The monoisotopic (exact) mass is 385 g/mol. The van der Waals surface area contributed by atoms with Crippen molar-refractivity contribution in [1.82, 2.24) is 0 Å². The van der Waals surface area contributed by atoms with Crippen molar-refractivity contribution in [2.45, 2.75) is 19.0 Å². The van der Waals surface area contributed by atoms with E-state index in [1.807, 2.05) is 18.2 Å². The minimum atomic E-state index is -0.675. The first-order valence-corrected chi connectivity index (χ1v) is 8.85. The van der Waals surface area contributed by atoms with E-state index in [0.29, 0.717) is 11.3 Å². The van der Waals surface area contributed by atoms with E-state index < -0.39 is 29.5 Å². The quantitative estimate of drug-likeness (QED) is 0.659. The molecule has 1 amide bonds. The topological polar surface area (TPSA) is 45.7 Å². The second-order valence-electron chi connectivity index (χ2n) is 6.53. The molecule has 0 radical (unpaired) electrons. The minimum absolute atomic E-state index is 0.303. The van der Waals surface area contributed by atoms with E-state index in [2.05, 4.69) is 5.32 Å². The fraction of sp³-hybridized carbons (Fsp3) is 0.136. The van der Waals surface area contributed by atoms with Crippen LogP contribution in [0.1, 0.15) is 30.1 Å². The predicted molar refractivity (Wildman–Crippen MR) is 101 cm³/mol. The molecule has 0 aromatic heterocycles. The number of carbonyl (C=O) groups excluding carboxylic acids is 1. The smallest absolute Gasteiger partial charge is 0.287 e. The molecule has 6 heteroatoms. The molecule has 0 aliphatic carbocycles. The lowest BCUT2D eigenvalue weighted by molar-refractivity contribution is -0.719. The lowest BCUT2D eigenvalue weighted by Crippen LogP contribution is -2.87. The van der Waals surface area contributed by atoms with Crippen molar-refractivity contribution in [1.29, 1.82) is 0 Å². The highest BCUT2D eigenvalue weighted by Gasteiger charge is 2.28. The summed E-state index contributed by atoms with van der Waals surface area (Å²) in [5.41, 5.74) is 1.50. The average molecular weight is 385 g/mol. The van der Waals surface area contributed by atoms with Crippen LogP contribution in [0.4, 0.5) is 18.9 Å². The van der Waals surface area contributed by atoms with E-state index in [0.717, 1.165) is 11.6 Å². The number of nitrogens with one attached hydrogen (secondary N) is 1. The Hall–Kier alpha value is -3.12. The van der Waals surface area contributed by atoms with Crippen LogP contribution in [-0.4, -0.2) is 5.91 Å². The number of quaternary nitrogens is 1. The number of nitrogens with two attached hydrogens (primary N) is 1. The minimum Gasteiger partial charge on any atom is -0.326 e. The van der Waals surface area contributed by atoms with Crippen LogP contribution in [0.2, 0.25) is 0 Å². The number of rotatable bonds is 6. The van der Waals surface area contributed by atoms with Crippen LogP contribution in [0.5, 0.6) is 0 Å². The summed E-state index contributed by atoms with van der Waals surface area (Å²) in [6.45, 7) is 1.75. The second-order valence-corrected chi connectivity index (χ2v) is 6.53. The molecule has 144 valence electrons. The summed E-state index contributed by atoms with van der Waals surface area (Å²) < 4.78 is 40.4. The number of halogens is 3. The maximum atomic E-state index is 14.1. The van der Waals surface area contributed by atoms with Crippen molar-refractivity contribution in [3.05, 3.63) is 101 Å². The van der Waals surface area contributed by atoms with Gasteiger partial charge in [0.05, 0.1) is 0 Å². The number of anilines is 1. The lowest BCUT2D eigenvalue weighted by Gasteiger charge is -2.21. The second kappa shape index (κ2) is 8.71. The molecule has 3 nitrogen and oxygen atoms in total. The fourth-order valence-corrected chi connectivity index (χ4v) is 3.03. The van der Waals surface area contributed by atoms with Gasteiger partial charge in [-0.2, -0.15) is 0 Å². The first kappa shape index (κ1) is 19.6. The van der Waals surface area contributed by atoms with Crippen LogP contribution in [0, 0.1) is 17.5 Å². The molecular formula is C22H20F3N2O+. The summed E-state index contributed by atoms with van der Waals surface area (Å²) in [7, 11) is 0. The Morgan fingerprint density at radius 1 is 0.893 bits per heavy atom. The summed E-state index contributed by atoms with van der Waals surface area (Å²) >= 11 is 0. The van der Waals surface area contributed by atoms with Crippen LogP contribution in [0.15, 0.2) is 72.8 Å². The van der Waals surface area contributed by atoms with Crippen LogP contribution >= 0.6 is 0 Å². The largest absolute Gasteiger partial charge is 0.326 e. The van der Waals surface area contributed by atoms with E-state index >= 15 is 0 Å². The average Bonchev–Trinajstić information content (AvgIpc) is 2.68. The highest BCUT2D eigenvalue weighted by molar-refractivity contribution is 5.94. The standard InChI is InChI=1S/C22H19F3N2O/c1-14(19-12-9-17(24)13-20(19)25)26-21(15-5-3-2-4-6-15)22(28)27-18-10-7-16(23)8-11-18/h2-14,21,26H,1H3,(H,27,28)/p+1/t14-,21+/m1/s1. The van der Waals surface area contributed by atoms with Crippen molar-refractivity contribution in [3.8, 4) is 0 Å². The SMILES string of the molecule is C[C@@H]([NH2+][C@H](C(=O)Nc1ccc(F)cc1)c1ccccc1)c1ccc(F)cc1F. The van der Waals surface area contributed by atoms with Crippen molar-refractivity contribution < 1.29 is 23.3 Å². The maximum absolute atomic E-state index is 14.1. The van der Waals surface area contributed by atoms with Gasteiger partial charge in [0, 0.05) is 22.9 Å². The molecule has 28 heavy (non-hydrogen) atoms. The van der Waals surface area contributed by atoms with Crippen LogP contribution in [0.3, 0.4) is 0 Å². The van der Waals surface area contributed by atoms with Crippen molar-refractivity contribution >= 4 is 11.6 Å². The van der Waals surface area contributed by atoms with E-state index in [-0.39, 0.29) is 5.91 Å². The molecule has 3 N–H and O–H groups in total. The molecule has 0 saturated carbocycles. The first-order chi connectivity index (χ1) is 13.4. The van der Waals surface area contributed by atoms with Gasteiger partial charge in [0.25, 0.3) is 5.91 Å². The van der Waals surface area contributed by atoms with Crippen molar-refractivity contribution in [2.24, 2.45) is 0 Å². The molecule has 0 spiro atoms. The molecule has 0 saturated heterocycles. The molecule has 0 aliphatic rings. The summed E-state index contributed by atoms with van der Waals surface area (Å²) in [4.78, 5) is 12.9. The third kappa shape index (κ3) is 4.78. The normalized spacial score (nSPS) is 13.0. The number of hydrogen-bond donors (Lipinski definition) is 2. The molecule has 3 aromatic rings. The summed E-state index contributed by atoms with van der Waals surface area (Å²) in [5.74, 6) is -2.03. The molecule has 0 unspecified atom stereocenters. The summed E-state index contributed by atoms with van der Waals surface area (Å²) in [6, 6.07) is 16.8. The molecule has 0 bridgehead atoms. The van der Waals surface area contributed by atoms with E-state index in [9.17, 15) is 18.0 Å². The lowest BCUT2D eigenvalue weighted by atomic mass is 10.0. The van der Waals surface area contributed by atoms with Gasteiger partial charge >= 0.3 is 0 Å². The fourth-order valence-electron chi connectivity index (χ4n) is 3.03. The van der Waals surface area contributed by atoms with Gasteiger partial charge in [-0.15, -0.1) is 0 Å². The van der Waals surface area contributed by atoms with E-state index in [1.165, 1.54) is 36.4 Å². The number of hydrogen-bond acceptors (Lipinski definition) is 1. The third-order valence-electron chi connectivity index (χ3n) is 4.49. The Labute approximate surface area is 161 Å². The molecular weight excluding hydrogens is 365 g/mol. The van der Waals surface area contributed by atoms with Gasteiger partial charge in [0.1, 0.15) is 23.5 Å². The third-order valence-corrected chi connectivity index (χ3v) is 4.49. The number of amides is 1. The Bertz CT molecular complexity index is 946. The van der Waals surface area contributed by atoms with Gasteiger partial charge in [-0.1, -0.05) is 30.3 Å². The van der Waals surface area contributed by atoms with Crippen molar-refractivity contribution in [2.75, 3.05) is 5.32 Å². The van der Waals surface area contributed by atoms with E-state index in [1.54, 1.807) is 24.4 Å². The molecule has 0 aliphatic heterocycles. The van der Waals surface area contributed by atoms with Gasteiger partial charge in [0.2, 0.25) is 0 Å². The zero-order valence-electron chi connectivity index (χ0n) is 15.2. The molecule has 0 fully saturated rings. The zero-order chi connectivity index (χ0) is 20.1. The summed E-state index contributed by atoms with van der Waals surface area (Å²) in [5, 5.41) is 4.47. The Morgan fingerprint density at radius 2 is 1.54 bits per heavy atom. The van der Waals surface area contributed by atoms with Gasteiger partial charge in [0.15, 0.2) is 6.04 Å². The maximum Gasteiger partial charge on any atom is 0.287 e. The Morgan fingerprint density at radius 3 is 2.18 bits per heavy atom. The van der Waals surface area contributed by atoms with Gasteiger partial charge in [-0.3, -0.25) is 4.79 Å². The molecule has 2 atom stereocenters. The first-order valence-electron chi connectivity index (χ1n) is 8.85. The van der Waals surface area contributed by atoms with Gasteiger partial charge in [-0.25, -0.2) is 13.2 Å². The summed E-state index contributed by atoms with van der Waals surface area (Å²) in [6.07, 6.45) is 0. The Balaban J connectivity index is 1.84. The Kier molecular flexibility index (Phi) is 6.11. The highest BCUT2D eigenvalue weighted by atomic mass is 19.1. The predicted octanol–water partition coefficient (Wildman–Crippen LogP) is 4.11. The van der Waals surface area contributed by atoms with Crippen molar-refractivity contribution in [3.63, 3.8) is 0 Å². The van der Waals surface area contributed by atoms with Crippen LogP contribution < -0.4 is 10.6 Å². The van der Waals surface area contributed by atoms with E-state index in [4.69, 9.17) is 0 Å². The number of benzene rings is 3. The highest BCUT2D eigenvalue weighted by Crippen LogP contribution is 2.18. The molecule has 3 aromatic carbocycles. The van der Waals surface area contributed by atoms with Gasteiger partial charge < -0.3 is 10.6 Å². The van der Waals surface area contributed by atoms with Gasteiger partial charge in [-0.05, 0) is 43.3 Å². The molecule has 0 heterocycles. The molecule has 3 rings (SSSR count). The van der Waals surface area contributed by atoms with Crippen LogP contribution in [0.25, 0.3) is 0 Å². The number of carbonyl (C=O) groups is 1. The van der Waals surface area contributed by atoms with Crippen LogP contribution in [-0.2, 0) is 4.79 Å².